The number of nitrogens with zero attached hydrogens (tertiary/aromatic N) is 2. The second kappa shape index (κ2) is 8.26. The van der Waals surface area contributed by atoms with E-state index in [9.17, 15) is 22.7 Å². The van der Waals surface area contributed by atoms with Crippen LogP contribution in [0.4, 0.5) is 17.6 Å². The van der Waals surface area contributed by atoms with E-state index in [-0.39, 0.29) is 12.7 Å². The summed E-state index contributed by atoms with van der Waals surface area (Å²) in [5.41, 5.74) is 0. The highest BCUT2D eigenvalue weighted by Gasteiger charge is 2.42. The van der Waals surface area contributed by atoms with Crippen LogP contribution in [0.5, 0.6) is 0 Å². The molecule has 1 fully saturated rings. The minimum absolute atomic E-state index is 0.0353. The van der Waals surface area contributed by atoms with Gasteiger partial charge in [0.25, 0.3) is 0 Å². The molecule has 1 saturated heterocycles. The lowest BCUT2D eigenvalue weighted by atomic mass is 10.2. The molecule has 1 unspecified atom stereocenters. The predicted molar refractivity (Wildman–Crippen MR) is 70.9 cm³/mol. The van der Waals surface area contributed by atoms with Gasteiger partial charge < -0.3 is 9.84 Å². The Morgan fingerprint density at radius 2 is 1.62 bits per heavy atom. The van der Waals surface area contributed by atoms with E-state index in [0.29, 0.717) is 32.7 Å². The van der Waals surface area contributed by atoms with Crippen molar-refractivity contribution >= 4 is 0 Å². The van der Waals surface area contributed by atoms with Gasteiger partial charge in [-0.05, 0) is 13.8 Å². The quantitative estimate of drug-likeness (QED) is 0.685. The summed E-state index contributed by atoms with van der Waals surface area (Å²) in [5.74, 6) is -3.97. The van der Waals surface area contributed by atoms with Crippen LogP contribution in [-0.4, -0.2) is 85.3 Å². The molecule has 0 aromatic heterocycles. The Kier molecular flexibility index (Phi) is 7.32. The maximum Gasteiger partial charge on any atom is 0.319 e. The number of halogens is 4. The summed E-state index contributed by atoms with van der Waals surface area (Å²) in [6.45, 7) is 4.96. The van der Waals surface area contributed by atoms with Gasteiger partial charge in [0.15, 0.2) is 0 Å². The normalized spacial score (nSPS) is 20.4. The summed E-state index contributed by atoms with van der Waals surface area (Å²) in [6.07, 6.45) is -4.24. The number of hydrogen-bond acceptors (Lipinski definition) is 4. The molecule has 0 aliphatic carbocycles. The molecule has 1 atom stereocenters. The van der Waals surface area contributed by atoms with E-state index < -0.39 is 25.0 Å². The average Bonchev–Trinajstić information content (AvgIpc) is 2.38. The summed E-state index contributed by atoms with van der Waals surface area (Å²) >= 11 is 0. The Bertz CT molecular complexity index is 298. The number of aliphatic hydroxyl groups is 1. The molecule has 4 nitrogen and oxygen atoms in total. The van der Waals surface area contributed by atoms with E-state index in [2.05, 4.69) is 0 Å². The van der Waals surface area contributed by atoms with Crippen LogP contribution < -0.4 is 0 Å². The predicted octanol–water partition coefficient (Wildman–Crippen LogP) is 1.29. The van der Waals surface area contributed by atoms with Gasteiger partial charge in [0, 0.05) is 32.7 Å². The Balaban J connectivity index is 2.26. The molecule has 0 saturated carbocycles. The van der Waals surface area contributed by atoms with Crippen molar-refractivity contribution < 1.29 is 27.4 Å². The minimum Gasteiger partial charge on any atom is -0.389 e. The molecule has 0 radical (unpaired) electrons. The first-order valence-electron chi connectivity index (χ1n) is 7.11. The second-order valence-corrected chi connectivity index (χ2v) is 5.67. The van der Waals surface area contributed by atoms with Crippen molar-refractivity contribution in [3.05, 3.63) is 0 Å². The molecular formula is C13H24F4N2O2. The van der Waals surface area contributed by atoms with Crippen molar-refractivity contribution in [2.45, 2.75) is 38.4 Å². The third kappa shape index (κ3) is 6.90. The van der Waals surface area contributed by atoms with Crippen molar-refractivity contribution in [3.63, 3.8) is 0 Å². The third-order valence-electron chi connectivity index (χ3n) is 3.31. The number of ether oxygens (including phenoxy) is 1. The highest BCUT2D eigenvalue weighted by atomic mass is 19.3. The average molecular weight is 316 g/mol. The SMILES string of the molecule is CC(C)OCC(O)CN1CCN(CC(F)(F)C(F)F)CC1. The molecular weight excluding hydrogens is 292 g/mol. The lowest BCUT2D eigenvalue weighted by Crippen LogP contribution is -2.52. The largest absolute Gasteiger partial charge is 0.389 e. The van der Waals surface area contributed by atoms with Crippen LogP contribution in [0, 0.1) is 0 Å². The summed E-state index contributed by atoms with van der Waals surface area (Å²) in [6, 6.07) is 0. The Hall–Kier alpha value is -0.440. The maximum atomic E-state index is 13.0. The molecule has 1 aliphatic heterocycles. The van der Waals surface area contributed by atoms with Crippen molar-refractivity contribution in [1.29, 1.82) is 0 Å². The number of rotatable bonds is 8. The summed E-state index contributed by atoms with van der Waals surface area (Å²) in [5, 5.41) is 9.78. The smallest absolute Gasteiger partial charge is 0.319 e. The van der Waals surface area contributed by atoms with Gasteiger partial charge in [-0.25, -0.2) is 8.78 Å². The van der Waals surface area contributed by atoms with Crippen LogP contribution >= 0.6 is 0 Å². The fourth-order valence-corrected chi connectivity index (χ4v) is 2.15. The fraction of sp³-hybridized carbons (Fsp3) is 1.00. The topological polar surface area (TPSA) is 35.9 Å². The number of β-amino-alcohol motifs (C(OH)–C–C–N with tert-alkyl or cyclic N) is 1. The Labute approximate surface area is 122 Å². The molecule has 1 rings (SSSR count). The van der Waals surface area contributed by atoms with Crippen LogP contribution in [0.15, 0.2) is 0 Å². The zero-order chi connectivity index (χ0) is 16.0. The van der Waals surface area contributed by atoms with Gasteiger partial charge in [0.1, 0.15) is 0 Å². The van der Waals surface area contributed by atoms with E-state index in [1.54, 1.807) is 0 Å². The van der Waals surface area contributed by atoms with Crippen LogP contribution in [0.3, 0.4) is 0 Å². The first-order chi connectivity index (χ1) is 9.70. The third-order valence-corrected chi connectivity index (χ3v) is 3.31. The first-order valence-corrected chi connectivity index (χ1v) is 7.11. The number of hydrogen-bond donors (Lipinski definition) is 1. The molecule has 21 heavy (non-hydrogen) atoms. The zero-order valence-corrected chi connectivity index (χ0v) is 12.4. The van der Waals surface area contributed by atoms with Gasteiger partial charge >= 0.3 is 12.3 Å². The number of aliphatic hydroxyl groups excluding tert-OH is 1. The van der Waals surface area contributed by atoms with Crippen molar-refractivity contribution in [1.82, 2.24) is 9.80 Å². The van der Waals surface area contributed by atoms with Crippen molar-refractivity contribution in [3.8, 4) is 0 Å². The van der Waals surface area contributed by atoms with E-state index in [1.165, 1.54) is 4.90 Å². The molecule has 8 heteroatoms. The molecule has 0 spiro atoms. The maximum absolute atomic E-state index is 13.0. The highest BCUT2D eigenvalue weighted by molar-refractivity contribution is 4.80. The molecule has 1 aliphatic rings. The van der Waals surface area contributed by atoms with Crippen LogP contribution in [-0.2, 0) is 4.74 Å². The monoisotopic (exact) mass is 316 g/mol. The van der Waals surface area contributed by atoms with Gasteiger partial charge in [0.05, 0.1) is 25.4 Å². The molecule has 126 valence electrons. The van der Waals surface area contributed by atoms with Crippen molar-refractivity contribution in [2.24, 2.45) is 0 Å². The van der Waals surface area contributed by atoms with E-state index >= 15 is 0 Å². The summed E-state index contributed by atoms with van der Waals surface area (Å²) < 4.78 is 55.5. The van der Waals surface area contributed by atoms with E-state index in [4.69, 9.17) is 4.74 Å². The molecule has 0 amide bonds. The molecule has 0 aromatic carbocycles. The van der Waals surface area contributed by atoms with Gasteiger partial charge in [0.2, 0.25) is 0 Å². The fourth-order valence-electron chi connectivity index (χ4n) is 2.15. The zero-order valence-electron chi connectivity index (χ0n) is 12.4. The van der Waals surface area contributed by atoms with Gasteiger partial charge in [-0.3, -0.25) is 9.80 Å². The van der Waals surface area contributed by atoms with Gasteiger partial charge in [-0.15, -0.1) is 0 Å². The molecule has 0 aromatic rings. The molecule has 1 heterocycles. The lowest BCUT2D eigenvalue weighted by molar-refractivity contribution is -0.145. The van der Waals surface area contributed by atoms with E-state index in [0.717, 1.165) is 0 Å². The van der Waals surface area contributed by atoms with E-state index in [1.807, 2.05) is 18.7 Å². The number of piperazine rings is 1. The van der Waals surface area contributed by atoms with Crippen LogP contribution in [0.1, 0.15) is 13.8 Å². The number of alkyl halides is 4. The Morgan fingerprint density at radius 1 is 1.10 bits per heavy atom. The Morgan fingerprint density at radius 3 is 2.10 bits per heavy atom. The van der Waals surface area contributed by atoms with Crippen LogP contribution in [0.2, 0.25) is 0 Å². The molecule has 1 N–H and O–H groups in total. The standard InChI is InChI=1S/C13H24F4N2O2/c1-10(2)21-8-11(20)7-18-3-5-19(6-4-18)9-13(16,17)12(14)15/h10-12,20H,3-9H2,1-2H3. The van der Waals surface area contributed by atoms with Crippen LogP contribution in [0.25, 0.3) is 0 Å². The van der Waals surface area contributed by atoms with Gasteiger partial charge in [-0.2, -0.15) is 8.78 Å². The first kappa shape index (κ1) is 18.6. The summed E-state index contributed by atoms with van der Waals surface area (Å²) in [7, 11) is 0. The minimum atomic E-state index is -3.97. The highest BCUT2D eigenvalue weighted by Crippen LogP contribution is 2.24. The van der Waals surface area contributed by atoms with Crippen molar-refractivity contribution in [2.75, 3.05) is 45.9 Å². The summed E-state index contributed by atoms with van der Waals surface area (Å²) in [4.78, 5) is 3.25. The second-order valence-electron chi connectivity index (χ2n) is 5.67. The van der Waals surface area contributed by atoms with Gasteiger partial charge in [-0.1, -0.05) is 0 Å². The molecule has 0 bridgehead atoms. The lowest BCUT2D eigenvalue weighted by Gasteiger charge is -2.36.